The summed E-state index contributed by atoms with van der Waals surface area (Å²) in [6.07, 6.45) is 0.638. The Morgan fingerprint density at radius 2 is 1.88 bits per heavy atom. The van der Waals surface area contributed by atoms with E-state index in [1.165, 1.54) is 49.7 Å². The fraction of sp³-hybridized carbons (Fsp3) is 0.188. The Labute approximate surface area is 150 Å². The summed E-state index contributed by atoms with van der Waals surface area (Å²) >= 11 is 0. The van der Waals surface area contributed by atoms with Gasteiger partial charge in [0.15, 0.2) is 5.82 Å². The minimum absolute atomic E-state index is 0.0121. The molecule has 0 fully saturated rings. The van der Waals surface area contributed by atoms with Crippen molar-refractivity contribution in [3.05, 3.63) is 48.2 Å². The first kappa shape index (κ1) is 19.2. The molecule has 0 bridgehead atoms. The molecule has 0 spiro atoms. The van der Waals surface area contributed by atoms with Crippen LogP contribution in [0.15, 0.2) is 47.5 Å². The number of anilines is 2. The average molecular weight is 379 g/mol. The second-order valence-corrected chi connectivity index (χ2v) is 6.85. The van der Waals surface area contributed by atoms with Crippen LogP contribution >= 0.6 is 0 Å². The lowest BCUT2D eigenvalue weighted by Gasteiger charge is -2.23. The van der Waals surface area contributed by atoms with E-state index in [4.69, 9.17) is 0 Å². The molecule has 2 N–H and O–H groups in total. The third-order valence-corrected chi connectivity index (χ3v) is 5.29. The Kier molecular flexibility index (Phi) is 5.78. The lowest BCUT2D eigenvalue weighted by atomic mass is 10.2. The van der Waals surface area contributed by atoms with E-state index < -0.39 is 22.1 Å². The summed E-state index contributed by atoms with van der Waals surface area (Å²) in [5, 5.41) is 11.7. The number of rotatable bonds is 6. The smallest absolute Gasteiger partial charge is 0.411 e. The van der Waals surface area contributed by atoms with Gasteiger partial charge in [-0.1, -0.05) is 0 Å². The zero-order chi connectivity index (χ0) is 19.3. The minimum Gasteiger partial charge on any atom is -0.478 e. The maximum Gasteiger partial charge on any atom is 0.411 e. The normalized spacial score (nSPS) is 10.8. The number of carbonyl (C=O) groups is 2. The van der Waals surface area contributed by atoms with Crippen molar-refractivity contribution in [2.75, 3.05) is 23.3 Å². The molecule has 1 amide bonds. The zero-order valence-corrected chi connectivity index (χ0v) is 14.9. The molecule has 0 radical (unpaired) electrons. The van der Waals surface area contributed by atoms with E-state index in [9.17, 15) is 23.1 Å². The predicted octanol–water partition coefficient (Wildman–Crippen LogP) is 2.17. The maximum absolute atomic E-state index is 12.9. The van der Waals surface area contributed by atoms with Crippen molar-refractivity contribution in [2.45, 2.75) is 11.8 Å². The molecule has 0 aliphatic rings. The van der Waals surface area contributed by atoms with E-state index >= 15 is 0 Å². The first-order valence-electron chi connectivity index (χ1n) is 7.47. The lowest BCUT2D eigenvalue weighted by Crippen LogP contribution is -2.33. The molecule has 2 rings (SSSR count). The zero-order valence-electron chi connectivity index (χ0n) is 14.0. The number of amides is 1. The monoisotopic (exact) mass is 379 g/mol. The summed E-state index contributed by atoms with van der Waals surface area (Å²) < 4.78 is 31.2. The average Bonchev–Trinajstić information content (AvgIpc) is 2.62. The second-order valence-electron chi connectivity index (χ2n) is 4.99. The van der Waals surface area contributed by atoms with Gasteiger partial charge < -0.3 is 9.84 Å². The highest BCUT2D eigenvalue weighted by atomic mass is 32.2. The molecule has 2 aromatic rings. The van der Waals surface area contributed by atoms with Gasteiger partial charge in [0, 0.05) is 18.4 Å². The molecule has 26 heavy (non-hydrogen) atoms. The number of carboxylic acid groups (broad SMARTS) is 1. The molecule has 1 heterocycles. The number of carbonyl (C=O) groups excluding carboxylic acids is 1. The number of benzene rings is 1. The summed E-state index contributed by atoms with van der Waals surface area (Å²) in [6.45, 7) is 1.56. The Morgan fingerprint density at radius 3 is 2.42 bits per heavy atom. The van der Waals surface area contributed by atoms with Crippen LogP contribution in [0, 0.1) is 0 Å². The first-order chi connectivity index (χ1) is 12.3. The third-order valence-electron chi connectivity index (χ3n) is 3.41. The molecule has 0 atom stereocenters. The summed E-state index contributed by atoms with van der Waals surface area (Å²) in [7, 11) is -2.84. The van der Waals surface area contributed by atoms with Crippen molar-refractivity contribution >= 4 is 33.6 Å². The SMILES string of the molecule is CCN(c1ncccc1C(=O)O)S(=O)(=O)c1ccc(NC(=O)OC)cc1. The standard InChI is InChI=1S/C16H17N3O6S/c1-3-19(14-13(15(20)21)5-4-10-17-14)26(23,24)12-8-6-11(7-9-12)18-16(22)25-2/h4-10H,3H2,1-2H3,(H,18,22)(H,20,21). The van der Waals surface area contributed by atoms with Gasteiger partial charge in [-0.3, -0.25) is 5.32 Å². The van der Waals surface area contributed by atoms with Gasteiger partial charge in [-0.25, -0.2) is 27.3 Å². The number of hydrogen-bond acceptors (Lipinski definition) is 6. The highest BCUT2D eigenvalue weighted by Gasteiger charge is 2.28. The largest absolute Gasteiger partial charge is 0.478 e. The van der Waals surface area contributed by atoms with Gasteiger partial charge in [0.1, 0.15) is 5.56 Å². The molecule has 0 aliphatic carbocycles. The molecular formula is C16H17N3O6S. The van der Waals surface area contributed by atoms with Crippen molar-refractivity contribution < 1.29 is 27.9 Å². The number of nitrogens with one attached hydrogen (secondary N) is 1. The Hall–Kier alpha value is -3.14. The topological polar surface area (TPSA) is 126 Å². The van der Waals surface area contributed by atoms with Crippen molar-refractivity contribution in [3.8, 4) is 0 Å². The van der Waals surface area contributed by atoms with E-state index in [-0.39, 0.29) is 22.8 Å². The van der Waals surface area contributed by atoms with Crippen LogP contribution in [0.3, 0.4) is 0 Å². The van der Waals surface area contributed by atoms with Gasteiger partial charge in [-0.2, -0.15) is 0 Å². The fourth-order valence-corrected chi connectivity index (χ4v) is 3.65. The molecule has 1 aromatic carbocycles. The van der Waals surface area contributed by atoms with Gasteiger partial charge in [0.25, 0.3) is 10.0 Å². The third kappa shape index (κ3) is 3.91. The molecule has 10 heteroatoms. The van der Waals surface area contributed by atoms with E-state index in [0.29, 0.717) is 5.69 Å². The molecule has 0 unspecified atom stereocenters. The van der Waals surface area contributed by atoms with Crippen molar-refractivity contribution in [2.24, 2.45) is 0 Å². The summed E-state index contributed by atoms with van der Waals surface area (Å²) in [5.74, 6) is -1.45. The number of sulfonamides is 1. The highest BCUT2D eigenvalue weighted by molar-refractivity contribution is 7.92. The molecule has 0 aliphatic heterocycles. The molecule has 138 valence electrons. The number of pyridine rings is 1. The Morgan fingerprint density at radius 1 is 1.23 bits per heavy atom. The highest BCUT2D eigenvalue weighted by Crippen LogP contribution is 2.25. The number of ether oxygens (including phenoxy) is 1. The summed E-state index contributed by atoms with van der Waals surface area (Å²) in [4.78, 5) is 26.4. The van der Waals surface area contributed by atoms with Crippen molar-refractivity contribution in [1.82, 2.24) is 4.98 Å². The van der Waals surface area contributed by atoms with E-state index in [1.54, 1.807) is 6.92 Å². The minimum atomic E-state index is -4.05. The number of nitrogens with zero attached hydrogens (tertiary/aromatic N) is 2. The predicted molar refractivity (Wildman–Crippen MR) is 93.9 cm³/mol. The number of hydrogen-bond donors (Lipinski definition) is 2. The fourth-order valence-electron chi connectivity index (χ4n) is 2.20. The van der Waals surface area contributed by atoms with E-state index in [2.05, 4.69) is 15.0 Å². The number of methoxy groups -OCH3 is 1. The van der Waals surface area contributed by atoms with Crippen LogP contribution in [-0.4, -0.2) is 44.2 Å². The van der Waals surface area contributed by atoms with Crippen LogP contribution in [0.4, 0.5) is 16.3 Å². The van der Waals surface area contributed by atoms with Crippen LogP contribution in [0.5, 0.6) is 0 Å². The lowest BCUT2D eigenvalue weighted by molar-refractivity contribution is 0.0697. The van der Waals surface area contributed by atoms with Gasteiger partial charge in [0.2, 0.25) is 0 Å². The molecule has 0 saturated heterocycles. The molecule has 1 aromatic heterocycles. The van der Waals surface area contributed by atoms with Gasteiger partial charge in [-0.15, -0.1) is 0 Å². The summed E-state index contributed by atoms with van der Waals surface area (Å²) in [6, 6.07) is 8.09. The van der Waals surface area contributed by atoms with Gasteiger partial charge in [0.05, 0.1) is 12.0 Å². The number of aromatic nitrogens is 1. The van der Waals surface area contributed by atoms with Gasteiger partial charge >= 0.3 is 12.1 Å². The van der Waals surface area contributed by atoms with Crippen LogP contribution in [-0.2, 0) is 14.8 Å². The van der Waals surface area contributed by atoms with E-state index in [1.807, 2.05) is 0 Å². The van der Waals surface area contributed by atoms with Crippen LogP contribution in [0.2, 0.25) is 0 Å². The maximum atomic E-state index is 12.9. The van der Waals surface area contributed by atoms with Crippen molar-refractivity contribution in [1.29, 1.82) is 0 Å². The van der Waals surface area contributed by atoms with Crippen LogP contribution < -0.4 is 9.62 Å². The first-order valence-corrected chi connectivity index (χ1v) is 8.91. The Balaban J connectivity index is 2.41. The number of aromatic carboxylic acids is 1. The van der Waals surface area contributed by atoms with Gasteiger partial charge in [-0.05, 0) is 43.3 Å². The Bertz CT molecular complexity index is 912. The second kappa shape index (κ2) is 7.83. The summed E-state index contributed by atoms with van der Waals surface area (Å²) in [5.41, 5.74) is 0.129. The van der Waals surface area contributed by atoms with Crippen LogP contribution in [0.25, 0.3) is 0 Å². The molecular weight excluding hydrogens is 362 g/mol. The quantitative estimate of drug-likeness (QED) is 0.787. The van der Waals surface area contributed by atoms with Crippen LogP contribution in [0.1, 0.15) is 17.3 Å². The van der Waals surface area contributed by atoms with E-state index in [0.717, 1.165) is 4.31 Å². The number of carboxylic acids is 1. The molecule has 0 saturated carbocycles. The van der Waals surface area contributed by atoms with Crippen molar-refractivity contribution in [3.63, 3.8) is 0 Å². The molecule has 9 nitrogen and oxygen atoms in total.